The summed E-state index contributed by atoms with van der Waals surface area (Å²) in [4.78, 5) is 12.2. The fraction of sp³-hybridized carbons (Fsp3) is 0.875. The first-order valence-corrected chi connectivity index (χ1v) is 4.17. The van der Waals surface area contributed by atoms with Crippen LogP contribution in [0.5, 0.6) is 0 Å². The third kappa shape index (κ3) is 5.97. The van der Waals surface area contributed by atoms with Gasteiger partial charge in [0.25, 0.3) is 0 Å². The summed E-state index contributed by atoms with van der Waals surface area (Å²) in [6.07, 6.45) is 0.978. The third-order valence-corrected chi connectivity index (χ3v) is 1.96. The Balaban J connectivity index is 3.25. The van der Waals surface area contributed by atoms with E-state index in [1.807, 2.05) is 14.1 Å². The Hall–Kier alpha value is -0.770. The lowest BCUT2D eigenvalue weighted by Crippen LogP contribution is -2.27. The van der Waals surface area contributed by atoms with E-state index in [-0.39, 0.29) is 0 Å². The second-order valence-corrected chi connectivity index (χ2v) is 3.19. The van der Waals surface area contributed by atoms with E-state index in [1.54, 1.807) is 0 Å². The maximum Gasteiger partial charge on any atom is 0.404 e. The molecule has 0 saturated carbocycles. The van der Waals surface area contributed by atoms with Gasteiger partial charge in [-0.25, -0.2) is 4.79 Å². The van der Waals surface area contributed by atoms with Crippen molar-refractivity contribution in [1.29, 1.82) is 0 Å². The van der Waals surface area contributed by atoms with Gasteiger partial charge in [0.05, 0.1) is 0 Å². The highest BCUT2D eigenvalue weighted by atomic mass is 16.4. The molecule has 0 rings (SSSR count). The Morgan fingerprint density at radius 3 is 2.58 bits per heavy atom. The van der Waals surface area contributed by atoms with E-state index >= 15 is 0 Å². The van der Waals surface area contributed by atoms with Gasteiger partial charge in [-0.15, -0.1) is 0 Å². The zero-order chi connectivity index (χ0) is 9.56. The minimum Gasteiger partial charge on any atom is -0.465 e. The van der Waals surface area contributed by atoms with E-state index in [9.17, 15) is 4.79 Å². The number of nitrogens with one attached hydrogen (secondary N) is 1. The quantitative estimate of drug-likeness (QED) is 0.611. The summed E-state index contributed by atoms with van der Waals surface area (Å²) in [6, 6.07) is 0.514. The maximum atomic E-state index is 10.1. The van der Waals surface area contributed by atoms with Crippen molar-refractivity contribution in [1.82, 2.24) is 10.2 Å². The first-order chi connectivity index (χ1) is 5.54. The molecule has 2 N–H and O–H groups in total. The van der Waals surface area contributed by atoms with Crippen LogP contribution in [0.3, 0.4) is 0 Å². The largest absolute Gasteiger partial charge is 0.465 e. The second-order valence-electron chi connectivity index (χ2n) is 3.19. The minimum absolute atomic E-state index is 0.514. The number of rotatable bonds is 5. The normalized spacial score (nSPS) is 13.0. The number of nitrogens with zero attached hydrogens (tertiary/aromatic N) is 1. The molecule has 0 aromatic carbocycles. The SMILES string of the molecule is CC(CCCNC(=O)O)N(C)C. The van der Waals surface area contributed by atoms with Crippen LogP contribution < -0.4 is 5.32 Å². The fourth-order valence-corrected chi connectivity index (χ4v) is 0.851. The summed E-state index contributed by atoms with van der Waals surface area (Å²) in [5, 5.41) is 10.6. The molecule has 0 aliphatic heterocycles. The highest BCUT2D eigenvalue weighted by Gasteiger charge is 2.03. The molecule has 0 radical (unpaired) electrons. The number of carboxylic acid groups (broad SMARTS) is 1. The predicted octanol–water partition coefficient (Wildman–Crippen LogP) is 0.984. The fourth-order valence-electron chi connectivity index (χ4n) is 0.851. The van der Waals surface area contributed by atoms with Crippen molar-refractivity contribution >= 4 is 6.09 Å². The van der Waals surface area contributed by atoms with Gasteiger partial charge in [-0.05, 0) is 33.9 Å². The first-order valence-electron chi connectivity index (χ1n) is 4.17. The molecule has 0 aliphatic carbocycles. The molecular formula is C8H18N2O2. The molecule has 0 bridgehead atoms. The van der Waals surface area contributed by atoms with Crippen LogP contribution in [0.15, 0.2) is 0 Å². The molecule has 4 heteroatoms. The summed E-state index contributed by atoms with van der Waals surface area (Å²) < 4.78 is 0. The van der Waals surface area contributed by atoms with Crippen LogP contribution >= 0.6 is 0 Å². The molecule has 4 nitrogen and oxygen atoms in total. The van der Waals surface area contributed by atoms with Crippen molar-refractivity contribution in [3.63, 3.8) is 0 Å². The van der Waals surface area contributed by atoms with Crippen molar-refractivity contribution in [2.24, 2.45) is 0 Å². The molecule has 0 aromatic rings. The lowest BCUT2D eigenvalue weighted by atomic mass is 10.2. The van der Waals surface area contributed by atoms with Gasteiger partial charge in [-0.1, -0.05) is 0 Å². The summed E-state index contributed by atoms with van der Waals surface area (Å²) in [5.41, 5.74) is 0. The average molecular weight is 174 g/mol. The van der Waals surface area contributed by atoms with Gasteiger partial charge in [0.2, 0.25) is 0 Å². The van der Waals surface area contributed by atoms with Crippen molar-refractivity contribution in [2.75, 3.05) is 20.6 Å². The van der Waals surface area contributed by atoms with Crippen molar-refractivity contribution in [3.8, 4) is 0 Å². The molecule has 0 aliphatic rings. The van der Waals surface area contributed by atoms with E-state index < -0.39 is 6.09 Å². The molecule has 1 unspecified atom stereocenters. The third-order valence-electron chi connectivity index (χ3n) is 1.96. The van der Waals surface area contributed by atoms with Crippen molar-refractivity contribution < 1.29 is 9.90 Å². The van der Waals surface area contributed by atoms with Crippen LogP contribution in [-0.4, -0.2) is 42.8 Å². The number of carbonyl (C=O) groups is 1. The van der Waals surface area contributed by atoms with Crippen molar-refractivity contribution in [3.05, 3.63) is 0 Å². The number of amides is 1. The zero-order valence-electron chi connectivity index (χ0n) is 8.00. The summed E-state index contributed by atoms with van der Waals surface area (Å²) in [6.45, 7) is 2.67. The Morgan fingerprint density at radius 2 is 2.17 bits per heavy atom. The smallest absolute Gasteiger partial charge is 0.404 e. The van der Waals surface area contributed by atoms with E-state index in [4.69, 9.17) is 5.11 Å². The highest BCUT2D eigenvalue weighted by molar-refractivity contribution is 5.64. The topological polar surface area (TPSA) is 52.6 Å². The molecule has 1 atom stereocenters. The van der Waals surface area contributed by atoms with Gasteiger partial charge in [-0.2, -0.15) is 0 Å². The summed E-state index contributed by atoms with van der Waals surface area (Å²) in [7, 11) is 4.05. The lowest BCUT2D eigenvalue weighted by molar-refractivity contribution is 0.193. The van der Waals surface area contributed by atoms with E-state index in [2.05, 4.69) is 17.1 Å². The Morgan fingerprint density at radius 1 is 1.58 bits per heavy atom. The molecule has 72 valence electrons. The maximum absolute atomic E-state index is 10.1. The Bertz CT molecular complexity index is 137. The molecule has 0 spiro atoms. The summed E-state index contributed by atoms with van der Waals surface area (Å²) >= 11 is 0. The number of hydrogen-bond acceptors (Lipinski definition) is 2. The molecule has 0 saturated heterocycles. The van der Waals surface area contributed by atoms with Gasteiger partial charge in [0, 0.05) is 12.6 Å². The first kappa shape index (κ1) is 11.2. The van der Waals surface area contributed by atoms with Crippen LogP contribution in [0, 0.1) is 0 Å². The number of hydrogen-bond donors (Lipinski definition) is 2. The Kier molecular flexibility index (Phi) is 5.45. The monoisotopic (exact) mass is 174 g/mol. The van der Waals surface area contributed by atoms with Crippen LogP contribution in [0.25, 0.3) is 0 Å². The molecule has 12 heavy (non-hydrogen) atoms. The van der Waals surface area contributed by atoms with Gasteiger partial charge in [-0.3, -0.25) is 0 Å². The van der Waals surface area contributed by atoms with E-state index in [1.165, 1.54) is 0 Å². The average Bonchev–Trinajstić information content (AvgIpc) is 1.97. The molecular weight excluding hydrogens is 156 g/mol. The lowest BCUT2D eigenvalue weighted by Gasteiger charge is -2.19. The van der Waals surface area contributed by atoms with Gasteiger partial charge in [0.1, 0.15) is 0 Å². The highest BCUT2D eigenvalue weighted by Crippen LogP contribution is 2.00. The molecule has 0 aromatic heterocycles. The van der Waals surface area contributed by atoms with Gasteiger partial charge < -0.3 is 15.3 Å². The standard InChI is InChI=1S/C8H18N2O2/c1-7(10(2)3)5-4-6-9-8(11)12/h7,9H,4-6H2,1-3H3,(H,11,12). The Labute approximate surface area is 73.6 Å². The second kappa shape index (κ2) is 5.83. The van der Waals surface area contributed by atoms with Crippen molar-refractivity contribution in [2.45, 2.75) is 25.8 Å². The minimum atomic E-state index is -0.937. The zero-order valence-corrected chi connectivity index (χ0v) is 8.00. The molecule has 1 amide bonds. The predicted molar refractivity (Wildman–Crippen MR) is 48.4 cm³/mol. The van der Waals surface area contributed by atoms with Crippen LogP contribution in [-0.2, 0) is 0 Å². The van der Waals surface area contributed by atoms with Crippen LogP contribution in [0.1, 0.15) is 19.8 Å². The van der Waals surface area contributed by atoms with Gasteiger partial charge >= 0.3 is 6.09 Å². The van der Waals surface area contributed by atoms with E-state index in [0.29, 0.717) is 12.6 Å². The molecule has 0 fully saturated rings. The van der Waals surface area contributed by atoms with Crippen LogP contribution in [0.4, 0.5) is 4.79 Å². The molecule has 0 heterocycles. The van der Waals surface area contributed by atoms with Crippen LogP contribution in [0.2, 0.25) is 0 Å². The summed E-state index contributed by atoms with van der Waals surface area (Å²) in [5.74, 6) is 0. The van der Waals surface area contributed by atoms with Gasteiger partial charge in [0.15, 0.2) is 0 Å². The van der Waals surface area contributed by atoms with E-state index in [0.717, 1.165) is 12.8 Å².